The highest BCUT2D eigenvalue weighted by molar-refractivity contribution is 5.45. The topological polar surface area (TPSA) is 24.9 Å². The Bertz CT molecular complexity index is 517. The minimum absolute atomic E-state index is 0.291. The van der Waals surface area contributed by atoms with Crippen molar-refractivity contribution < 1.29 is 0 Å². The van der Waals surface area contributed by atoms with Crippen LogP contribution in [0.15, 0.2) is 42.7 Å². The fraction of sp³-hybridized carbons (Fsp3) is 0.353. The molecule has 1 heterocycles. The van der Waals surface area contributed by atoms with E-state index in [1.165, 1.54) is 23.1 Å². The molecule has 2 rings (SSSR count). The van der Waals surface area contributed by atoms with Crippen LogP contribution >= 0.6 is 0 Å². The molecule has 100 valence electrons. The number of rotatable bonds is 5. The molecule has 2 aromatic rings. The van der Waals surface area contributed by atoms with Crippen molar-refractivity contribution in [1.29, 1.82) is 0 Å². The molecule has 19 heavy (non-hydrogen) atoms. The van der Waals surface area contributed by atoms with Crippen LogP contribution in [0.3, 0.4) is 0 Å². The first kappa shape index (κ1) is 13.6. The van der Waals surface area contributed by atoms with Gasteiger partial charge in [-0.2, -0.15) is 0 Å². The highest BCUT2D eigenvalue weighted by Gasteiger charge is 2.05. The second kappa shape index (κ2) is 6.37. The summed E-state index contributed by atoms with van der Waals surface area (Å²) in [6, 6.07) is 11.3. The molecule has 2 heteroatoms. The summed E-state index contributed by atoms with van der Waals surface area (Å²) in [6.45, 7) is 6.45. The van der Waals surface area contributed by atoms with Crippen LogP contribution in [-0.2, 0) is 6.42 Å². The molecule has 0 spiro atoms. The predicted octanol–water partition coefficient (Wildman–Crippen LogP) is 4.52. The zero-order valence-electron chi connectivity index (χ0n) is 12.0. The van der Waals surface area contributed by atoms with E-state index in [0.29, 0.717) is 6.04 Å². The summed E-state index contributed by atoms with van der Waals surface area (Å²) < 4.78 is 0. The lowest BCUT2D eigenvalue weighted by atomic mass is 10.0. The minimum atomic E-state index is 0.291. The van der Waals surface area contributed by atoms with Crippen molar-refractivity contribution in [3.05, 3.63) is 59.4 Å². The molecule has 0 amide bonds. The zero-order valence-corrected chi connectivity index (χ0v) is 12.0. The average molecular weight is 254 g/mol. The summed E-state index contributed by atoms with van der Waals surface area (Å²) in [5.74, 6) is 0. The van der Waals surface area contributed by atoms with Gasteiger partial charge in [-0.25, -0.2) is 0 Å². The Morgan fingerprint density at radius 3 is 2.53 bits per heavy atom. The standard InChI is InChI=1S/C17H22N2/c1-4-5-15-6-8-16(9-7-15)14(3)19-17-10-13(2)11-18-12-17/h6-12,14,19H,4-5H2,1-3H3. The molecule has 0 aliphatic heterocycles. The van der Waals surface area contributed by atoms with Gasteiger partial charge in [-0.05, 0) is 43.0 Å². The van der Waals surface area contributed by atoms with Crippen molar-refractivity contribution in [3.8, 4) is 0 Å². The van der Waals surface area contributed by atoms with Crippen molar-refractivity contribution in [2.45, 2.75) is 39.7 Å². The van der Waals surface area contributed by atoms with Crippen LogP contribution in [0.2, 0.25) is 0 Å². The van der Waals surface area contributed by atoms with Gasteiger partial charge in [-0.15, -0.1) is 0 Å². The molecule has 0 bridgehead atoms. The third-order valence-corrected chi connectivity index (χ3v) is 3.28. The lowest BCUT2D eigenvalue weighted by Gasteiger charge is -2.16. The number of benzene rings is 1. The predicted molar refractivity (Wildman–Crippen MR) is 81.4 cm³/mol. The summed E-state index contributed by atoms with van der Waals surface area (Å²) in [5.41, 5.74) is 4.97. The first-order chi connectivity index (χ1) is 9.19. The van der Waals surface area contributed by atoms with Crippen molar-refractivity contribution in [2.24, 2.45) is 0 Å². The molecule has 0 fully saturated rings. The first-order valence-electron chi connectivity index (χ1n) is 6.96. The SMILES string of the molecule is CCCc1ccc(C(C)Nc2cncc(C)c2)cc1. The van der Waals surface area contributed by atoms with E-state index >= 15 is 0 Å². The molecule has 0 radical (unpaired) electrons. The molecule has 0 aliphatic rings. The zero-order chi connectivity index (χ0) is 13.7. The number of pyridine rings is 1. The van der Waals surface area contributed by atoms with E-state index in [2.05, 4.69) is 61.4 Å². The monoisotopic (exact) mass is 254 g/mol. The Labute approximate surface area is 115 Å². The van der Waals surface area contributed by atoms with Crippen LogP contribution in [0.5, 0.6) is 0 Å². The highest BCUT2D eigenvalue weighted by Crippen LogP contribution is 2.20. The molecule has 1 N–H and O–H groups in total. The molecular weight excluding hydrogens is 232 g/mol. The van der Waals surface area contributed by atoms with E-state index in [1.54, 1.807) is 0 Å². The molecule has 1 aromatic carbocycles. The summed E-state index contributed by atoms with van der Waals surface area (Å²) in [6.07, 6.45) is 6.09. The van der Waals surface area contributed by atoms with E-state index in [9.17, 15) is 0 Å². The second-order valence-electron chi connectivity index (χ2n) is 5.11. The van der Waals surface area contributed by atoms with Crippen LogP contribution in [0.1, 0.15) is 43.0 Å². The van der Waals surface area contributed by atoms with Gasteiger partial charge in [0.05, 0.1) is 5.69 Å². The highest BCUT2D eigenvalue weighted by atomic mass is 14.9. The Kier molecular flexibility index (Phi) is 4.56. The number of nitrogens with zero attached hydrogens (tertiary/aromatic N) is 1. The van der Waals surface area contributed by atoms with Gasteiger partial charge < -0.3 is 5.32 Å². The van der Waals surface area contributed by atoms with E-state index in [0.717, 1.165) is 12.1 Å². The third-order valence-electron chi connectivity index (χ3n) is 3.28. The number of aromatic nitrogens is 1. The number of hydrogen-bond acceptors (Lipinski definition) is 2. The van der Waals surface area contributed by atoms with Crippen molar-refractivity contribution in [1.82, 2.24) is 4.98 Å². The maximum atomic E-state index is 4.21. The molecule has 0 aliphatic carbocycles. The Balaban J connectivity index is 2.05. The van der Waals surface area contributed by atoms with Crippen LogP contribution < -0.4 is 5.32 Å². The van der Waals surface area contributed by atoms with Crippen LogP contribution in [0, 0.1) is 6.92 Å². The summed E-state index contributed by atoms with van der Waals surface area (Å²) >= 11 is 0. The van der Waals surface area contributed by atoms with Gasteiger partial charge in [0, 0.05) is 18.4 Å². The van der Waals surface area contributed by atoms with Gasteiger partial charge in [0.1, 0.15) is 0 Å². The maximum Gasteiger partial charge on any atom is 0.0534 e. The van der Waals surface area contributed by atoms with Crippen molar-refractivity contribution in [2.75, 3.05) is 5.32 Å². The molecule has 2 nitrogen and oxygen atoms in total. The molecule has 1 atom stereocenters. The first-order valence-corrected chi connectivity index (χ1v) is 6.96. The molecule has 1 aromatic heterocycles. The van der Waals surface area contributed by atoms with Crippen LogP contribution in [-0.4, -0.2) is 4.98 Å². The lowest BCUT2D eigenvalue weighted by molar-refractivity contribution is 0.874. The molecular formula is C17H22N2. The quantitative estimate of drug-likeness (QED) is 0.848. The van der Waals surface area contributed by atoms with Crippen molar-refractivity contribution in [3.63, 3.8) is 0 Å². The van der Waals surface area contributed by atoms with E-state index in [-0.39, 0.29) is 0 Å². The van der Waals surface area contributed by atoms with Gasteiger partial charge >= 0.3 is 0 Å². The number of anilines is 1. The van der Waals surface area contributed by atoms with Gasteiger partial charge in [-0.3, -0.25) is 4.98 Å². The van der Waals surface area contributed by atoms with Gasteiger partial charge in [0.15, 0.2) is 0 Å². The summed E-state index contributed by atoms with van der Waals surface area (Å²) in [4.78, 5) is 4.21. The Morgan fingerprint density at radius 1 is 1.16 bits per heavy atom. The number of hydrogen-bond donors (Lipinski definition) is 1. The van der Waals surface area contributed by atoms with E-state index in [4.69, 9.17) is 0 Å². The fourth-order valence-electron chi connectivity index (χ4n) is 2.23. The number of aryl methyl sites for hydroxylation is 2. The average Bonchev–Trinajstić information content (AvgIpc) is 2.40. The molecule has 0 saturated heterocycles. The Hall–Kier alpha value is -1.83. The van der Waals surface area contributed by atoms with Gasteiger partial charge in [0.25, 0.3) is 0 Å². The number of nitrogens with one attached hydrogen (secondary N) is 1. The molecule has 1 unspecified atom stereocenters. The van der Waals surface area contributed by atoms with Crippen molar-refractivity contribution >= 4 is 5.69 Å². The fourth-order valence-corrected chi connectivity index (χ4v) is 2.23. The largest absolute Gasteiger partial charge is 0.377 e. The maximum absolute atomic E-state index is 4.21. The van der Waals surface area contributed by atoms with Crippen LogP contribution in [0.25, 0.3) is 0 Å². The van der Waals surface area contributed by atoms with Gasteiger partial charge in [-0.1, -0.05) is 37.6 Å². The smallest absolute Gasteiger partial charge is 0.0534 e. The normalized spacial score (nSPS) is 12.2. The summed E-state index contributed by atoms with van der Waals surface area (Å²) in [5, 5.41) is 3.49. The summed E-state index contributed by atoms with van der Waals surface area (Å²) in [7, 11) is 0. The van der Waals surface area contributed by atoms with E-state index in [1.807, 2.05) is 12.4 Å². The van der Waals surface area contributed by atoms with Crippen LogP contribution in [0.4, 0.5) is 5.69 Å². The van der Waals surface area contributed by atoms with Gasteiger partial charge in [0.2, 0.25) is 0 Å². The third kappa shape index (κ3) is 3.82. The Morgan fingerprint density at radius 2 is 1.89 bits per heavy atom. The molecule has 0 saturated carbocycles. The minimum Gasteiger partial charge on any atom is -0.377 e. The second-order valence-corrected chi connectivity index (χ2v) is 5.11. The lowest BCUT2D eigenvalue weighted by Crippen LogP contribution is -2.07. The van der Waals surface area contributed by atoms with E-state index < -0.39 is 0 Å².